The zero-order valence-corrected chi connectivity index (χ0v) is 16.5. The molecule has 1 aliphatic rings. The Morgan fingerprint density at radius 2 is 2.12 bits per heavy atom. The molecule has 2 amide bonds. The van der Waals surface area contributed by atoms with Crippen LogP contribution in [-0.4, -0.2) is 50.4 Å². The van der Waals surface area contributed by atoms with E-state index in [1.165, 1.54) is 0 Å². The summed E-state index contributed by atoms with van der Waals surface area (Å²) >= 11 is 0. The Morgan fingerprint density at radius 3 is 2.77 bits per heavy atom. The summed E-state index contributed by atoms with van der Waals surface area (Å²) in [5, 5.41) is 10.9. The van der Waals surface area contributed by atoms with Crippen molar-refractivity contribution in [2.75, 3.05) is 13.1 Å². The summed E-state index contributed by atoms with van der Waals surface area (Å²) in [5.74, 6) is 1.35. The predicted molar refractivity (Wildman–Crippen MR) is 97.4 cm³/mol. The molecule has 0 spiro atoms. The minimum atomic E-state index is -0.547. The Hall–Kier alpha value is -2.12. The number of carbonyl (C=O) groups excluding carboxylic acids is 2. The molecule has 8 heteroatoms. The lowest BCUT2D eigenvalue weighted by molar-refractivity contribution is -0.132. The van der Waals surface area contributed by atoms with Crippen LogP contribution in [0, 0.1) is 5.92 Å². The van der Waals surface area contributed by atoms with Crippen molar-refractivity contribution < 1.29 is 14.3 Å². The largest absolute Gasteiger partial charge is 0.444 e. The highest BCUT2D eigenvalue weighted by Gasteiger charge is 2.33. The first-order valence-electron chi connectivity index (χ1n) is 9.31. The van der Waals surface area contributed by atoms with Gasteiger partial charge in [0.2, 0.25) is 5.91 Å². The molecule has 2 rings (SSSR count). The fraction of sp³-hybridized carbons (Fsp3) is 0.778. The molecular weight excluding hydrogens is 334 g/mol. The Morgan fingerprint density at radius 1 is 1.38 bits per heavy atom. The van der Waals surface area contributed by atoms with Crippen LogP contribution in [0.15, 0.2) is 6.33 Å². The van der Waals surface area contributed by atoms with Gasteiger partial charge in [0, 0.05) is 26.1 Å². The van der Waals surface area contributed by atoms with Gasteiger partial charge >= 0.3 is 6.09 Å². The van der Waals surface area contributed by atoms with Crippen molar-refractivity contribution in [3.05, 3.63) is 12.2 Å². The number of amides is 2. The summed E-state index contributed by atoms with van der Waals surface area (Å²) in [6.45, 7) is 11.5. The van der Waals surface area contributed by atoms with Gasteiger partial charge in [-0.3, -0.25) is 4.79 Å². The fourth-order valence-electron chi connectivity index (χ4n) is 3.12. The first-order chi connectivity index (χ1) is 12.2. The Labute approximate surface area is 155 Å². The number of rotatable bonds is 6. The van der Waals surface area contributed by atoms with Crippen molar-refractivity contribution in [3.8, 4) is 0 Å². The van der Waals surface area contributed by atoms with Gasteiger partial charge in [-0.15, -0.1) is 10.2 Å². The lowest BCUT2D eigenvalue weighted by Crippen LogP contribution is -2.37. The molecule has 0 radical (unpaired) electrons. The third kappa shape index (κ3) is 5.71. The van der Waals surface area contributed by atoms with Gasteiger partial charge in [-0.2, -0.15) is 0 Å². The van der Waals surface area contributed by atoms with Gasteiger partial charge < -0.3 is 19.5 Å². The van der Waals surface area contributed by atoms with E-state index in [4.69, 9.17) is 4.74 Å². The monoisotopic (exact) mass is 365 g/mol. The summed E-state index contributed by atoms with van der Waals surface area (Å²) in [7, 11) is 0. The molecule has 1 fully saturated rings. The topological polar surface area (TPSA) is 89.4 Å². The summed E-state index contributed by atoms with van der Waals surface area (Å²) in [6, 6.07) is -0.0368. The van der Waals surface area contributed by atoms with E-state index in [-0.39, 0.29) is 24.9 Å². The van der Waals surface area contributed by atoms with Crippen LogP contribution in [0.25, 0.3) is 0 Å². The molecule has 1 aliphatic heterocycles. The van der Waals surface area contributed by atoms with E-state index in [1.807, 2.05) is 9.47 Å². The highest BCUT2D eigenvalue weighted by Crippen LogP contribution is 2.31. The van der Waals surface area contributed by atoms with Crippen LogP contribution in [0.5, 0.6) is 0 Å². The molecule has 8 nitrogen and oxygen atoms in total. The van der Waals surface area contributed by atoms with Gasteiger partial charge in [0.05, 0.1) is 6.04 Å². The second kappa shape index (κ2) is 8.51. The maximum absolute atomic E-state index is 12.6. The van der Waals surface area contributed by atoms with Crippen LogP contribution in [0.1, 0.15) is 65.7 Å². The normalized spacial score (nSPS) is 17.6. The van der Waals surface area contributed by atoms with E-state index in [0.717, 1.165) is 25.2 Å². The number of alkyl carbamates (subject to hydrolysis) is 1. The van der Waals surface area contributed by atoms with E-state index in [2.05, 4.69) is 29.4 Å². The molecule has 0 bridgehead atoms. The van der Waals surface area contributed by atoms with E-state index in [1.54, 1.807) is 27.1 Å². The second-order valence-electron chi connectivity index (χ2n) is 8.16. The SMILES string of the molecule is CC(C)Cn1cnnc1C1CCCN1C(=O)CCNC(=O)OC(C)(C)C. The lowest BCUT2D eigenvalue weighted by atomic mass is 10.1. The van der Waals surface area contributed by atoms with E-state index < -0.39 is 11.7 Å². The Balaban J connectivity index is 1.90. The number of hydrogen-bond acceptors (Lipinski definition) is 5. The van der Waals surface area contributed by atoms with Gasteiger partial charge in [-0.1, -0.05) is 13.8 Å². The minimum absolute atomic E-state index is 0.0163. The molecule has 1 aromatic heterocycles. The Bertz CT molecular complexity index is 621. The second-order valence-corrected chi connectivity index (χ2v) is 8.16. The third-order valence-corrected chi connectivity index (χ3v) is 4.09. The van der Waals surface area contributed by atoms with Crippen molar-refractivity contribution in [1.29, 1.82) is 0 Å². The minimum Gasteiger partial charge on any atom is -0.444 e. The quantitative estimate of drug-likeness (QED) is 0.837. The number of ether oxygens (including phenoxy) is 1. The molecule has 0 aliphatic carbocycles. The van der Waals surface area contributed by atoms with Crippen LogP contribution in [0.2, 0.25) is 0 Å². The number of nitrogens with zero attached hydrogens (tertiary/aromatic N) is 4. The van der Waals surface area contributed by atoms with E-state index >= 15 is 0 Å². The number of likely N-dealkylation sites (tertiary alicyclic amines) is 1. The number of carbonyl (C=O) groups is 2. The molecule has 1 N–H and O–H groups in total. The molecule has 0 saturated carbocycles. The van der Waals surface area contributed by atoms with Gasteiger partial charge in [-0.05, 0) is 39.5 Å². The molecule has 1 saturated heterocycles. The summed E-state index contributed by atoms with van der Waals surface area (Å²) < 4.78 is 7.22. The van der Waals surface area contributed by atoms with Crippen LogP contribution in [0.3, 0.4) is 0 Å². The highest BCUT2D eigenvalue weighted by molar-refractivity contribution is 5.78. The van der Waals surface area contributed by atoms with Crippen molar-refractivity contribution in [1.82, 2.24) is 25.0 Å². The zero-order valence-electron chi connectivity index (χ0n) is 16.5. The molecule has 0 aromatic carbocycles. The smallest absolute Gasteiger partial charge is 0.407 e. The van der Waals surface area contributed by atoms with Crippen LogP contribution in [0.4, 0.5) is 4.79 Å². The zero-order chi connectivity index (χ0) is 19.3. The van der Waals surface area contributed by atoms with Crippen molar-refractivity contribution >= 4 is 12.0 Å². The average molecular weight is 365 g/mol. The maximum atomic E-state index is 12.6. The summed E-state index contributed by atoms with van der Waals surface area (Å²) in [5.41, 5.74) is -0.547. The van der Waals surface area contributed by atoms with Crippen LogP contribution >= 0.6 is 0 Å². The summed E-state index contributed by atoms with van der Waals surface area (Å²) in [4.78, 5) is 26.2. The molecule has 146 valence electrons. The van der Waals surface area contributed by atoms with E-state index in [9.17, 15) is 9.59 Å². The molecule has 26 heavy (non-hydrogen) atoms. The summed E-state index contributed by atoms with van der Waals surface area (Å²) in [6.07, 6.45) is 3.32. The predicted octanol–water partition coefficient (Wildman–Crippen LogP) is 2.51. The van der Waals surface area contributed by atoms with Gasteiger partial charge in [-0.25, -0.2) is 4.79 Å². The van der Waals surface area contributed by atoms with Crippen molar-refractivity contribution in [3.63, 3.8) is 0 Å². The van der Waals surface area contributed by atoms with Crippen molar-refractivity contribution in [2.45, 2.75) is 72.1 Å². The average Bonchev–Trinajstić information content (AvgIpc) is 3.12. The number of hydrogen-bond donors (Lipinski definition) is 1. The standard InChI is InChI=1S/C18H31N5O3/c1-13(2)11-22-12-20-21-16(22)14-7-6-10-23(14)15(24)8-9-19-17(25)26-18(3,4)5/h12-14H,6-11H2,1-5H3,(H,19,25). The van der Waals surface area contributed by atoms with E-state index in [0.29, 0.717) is 12.5 Å². The maximum Gasteiger partial charge on any atom is 0.407 e. The molecule has 1 unspecified atom stereocenters. The van der Waals surface area contributed by atoms with Gasteiger partial charge in [0.1, 0.15) is 11.9 Å². The number of nitrogens with one attached hydrogen (secondary N) is 1. The van der Waals surface area contributed by atoms with Gasteiger partial charge in [0.15, 0.2) is 5.82 Å². The first-order valence-corrected chi connectivity index (χ1v) is 9.31. The molecular formula is C18H31N5O3. The molecule has 2 heterocycles. The lowest BCUT2D eigenvalue weighted by Gasteiger charge is -2.25. The highest BCUT2D eigenvalue weighted by atomic mass is 16.6. The molecule has 1 atom stereocenters. The fourth-order valence-corrected chi connectivity index (χ4v) is 3.12. The van der Waals surface area contributed by atoms with Crippen LogP contribution < -0.4 is 5.32 Å². The van der Waals surface area contributed by atoms with Crippen LogP contribution in [-0.2, 0) is 16.1 Å². The number of aromatic nitrogens is 3. The third-order valence-electron chi connectivity index (χ3n) is 4.09. The molecule has 1 aromatic rings. The van der Waals surface area contributed by atoms with Crippen molar-refractivity contribution in [2.24, 2.45) is 5.92 Å². The Kier molecular flexibility index (Phi) is 6.61. The van der Waals surface area contributed by atoms with Gasteiger partial charge in [0.25, 0.3) is 0 Å². The first kappa shape index (κ1) is 20.2.